The van der Waals surface area contributed by atoms with Crippen LogP contribution in [0.1, 0.15) is 51.2 Å². The summed E-state index contributed by atoms with van der Waals surface area (Å²) in [6.45, 7) is 7.38. The lowest BCUT2D eigenvalue weighted by Crippen LogP contribution is -2.56. The number of rotatable bonds is 9. The van der Waals surface area contributed by atoms with Crippen LogP contribution in [0.5, 0.6) is 0 Å². The van der Waals surface area contributed by atoms with Crippen LogP contribution in [0, 0.1) is 5.41 Å². The minimum atomic E-state index is -1.14. The molecule has 8 nitrogen and oxygen atoms in total. The van der Waals surface area contributed by atoms with E-state index in [1.165, 1.54) is 7.11 Å². The van der Waals surface area contributed by atoms with Gasteiger partial charge in [0.1, 0.15) is 18.7 Å². The van der Waals surface area contributed by atoms with Gasteiger partial charge in [0.05, 0.1) is 6.10 Å². The van der Waals surface area contributed by atoms with Crippen molar-refractivity contribution in [2.24, 2.45) is 5.41 Å². The molecule has 2 aromatic rings. The van der Waals surface area contributed by atoms with Crippen molar-refractivity contribution in [3.05, 3.63) is 59.7 Å². The highest BCUT2D eigenvalue weighted by Gasteiger charge is 2.34. The number of carbonyl (C=O) groups excluding carboxylic acids is 2. The van der Waals surface area contributed by atoms with Gasteiger partial charge in [0.2, 0.25) is 5.91 Å². The van der Waals surface area contributed by atoms with Gasteiger partial charge in [-0.15, -0.1) is 0 Å². The minimum Gasteiger partial charge on any atom is -0.480 e. The van der Waals surface area contributed by atoms with Gasteiger partial charge in [-0.25, -0.2) is 9.59 Å². The van der Waals surface area contributed by atoms with Gasteiger partial charge in [-0.2, -0.15) is 0 Å². The summed E-state index contributed by atoms with van der Waals surface area (Å²) < 4.78 is 10.8. The van der Waals surface area contributed by atoms with E-state index in [9.17, 15) is 19.5 Å². The van der Waals surface area contributed by atoms with Crippen molar-refractivity contribution in [3.63, 3.8) is 0 Å². The largest absolute Gasteiger partial charge is 0.480 e. The molecule has 0 saturated heterocycles. The molecule has 0 heterocycles. The molecule has 3 unspecified atom stereocenters. The Balaban J connectivity index is 1.68. The molecule has 0 bridgehead atoms. The molecule has 188 valence electrons. The quantitative estimate of drug-likeness (QED) is 0.499. The van der Waals surface area contributed by atoms with Gasteiger partial charge in [-0.05, 0) is 41.0 Å². The lowest BCUT2D eigenvalue weighted by Gasteiger charge is -2.28. The predicted molar refractivity (Wildman–Crippen MR) is 132 cm³/mol. The molecular weight excluding hydrogens is 448 g/mol. The molecule has 1 aliphatic rings. The van der Waals surface area contributed by atoms with Crippen LogP contribution in [0.3, 0.4) is 0 Å². The molecule has 3 N–H and O–H groups in total. The molecular formula is C27H34N2O6. The number of ether oxygens (including phenoxy) is 2. The Hall–Kier alpha value is -3.39. The zero-order valence-corrected chi connectivity index (χ0v) is 20.8. The highest BCUT2D eigenvalue weighted by molar-refractivity contribution is 5.89. The molecule has 8 heteroatoms. The first-order valence-electron chi connectivity index (χ1n) is 11.7. The van der Waals surface area contributed by atoms with Crippen molar-refractivity contribution in [2.45, 2.75) is 58.2 Å². The molecule has 0 fully saturated rings. The second-order valence-electron chi connectivity index (χ2n) is 10.1. The van der Waals surface area contributed by atoms with Gasteiger partial charge in [0.25, 0.3) is 0 Å². The van der Waals surface area contributed by atoms with Gasteiger partial charge in [-0.1, -0.05) is 69.3 Å². The molecule has 2 amide bonds. The summed E-state index contributed by atoms with van der Waals surface area (Å²) in [5.41, 5.74) is 4.06. The van der Waals surface area contributed by atoms with E-state index in [1.807, 2.05) is 69.3 Å². The molecule has 0 radical (unpaired) electrons. The van der Waals surface area contributed by atoms with Crippen molar-refractivity contribution in [1.29, 1.82) is 0 Å². The number of nitrogens with one attached hydrogen (secondary N) is 2. The van der Waals surface area contributed by atoms with Gasteiger partial charge >= 0.3 is 12.1 Å². The highest BCUT2D eigenvalue weighted by Crippen LogP contribution is 2.44. The third-order valence-corrected chi connectivity index (χ3v) is 6.17. The molecule has 3 rings (SSSR count). The highest BCUT2D eigenvalue weighted by atomic mass is 16.5. The third-order valence-electron chi connectivity index (χ3n) is 6.17. The van der Waals surface area contributed by atoms with Crippen LogP contribution in [0.2, 0.25) is 0 Å². The number of alkyl carbamates (subject to hydrolysis) is 1. The second kappa shape index (κ2) is 10.9. The average Bonchev–Trinajstić information content (AvgIpc) is 3.13. The smallest absolute Gasteiger partial charge is 0.407 e. The number of hydrogen-bond acceptors (Lipinski definition) is 5. The van der Waals surface area contributed by atoms with Gasteiger partial charge in [-0.3, -0.25) is 4.79 Å². The normalized spacial score (nSPS) is 15.3. The van der Waals surface area contributed by atoms with E-state index in [4.69, 9.17) is 9.47 Å². The maximum Gasteiger partial charge on any atom is 0.407 e. The molecule has 35 heavy (non-hydrogen) atoms. The van der Waals surface area contributed by atoms with Crippen LogP contribution < -0.4 is 10.6 Å². The third kappa shape index (κ3) is 6.39. The molecule has 2 aromatic carbocycles. The molecule has 0 aliphatic heterocycles. The number of carbonyl (C=O) groups is 3. The van der Waals surface area contributed by atoms with E-state index in [-0.39, 0.29) is 24.4 Å². The molecule has 0 spiro atoms. The summed E-state index contributed by atoms with van der Waals surface area (Å²) in [5, 5.41) is 14.6. The first-order chi connectivity index (χ1) is 16.5. The number of carboxylic acid groups (broad SMARTS) is 1. The van der Waals surface area contributed by atoms with Crippen LogP contribution in [0.25, 0.3) is 11.1 Å². The number of methoxy groups -OCH3 is 1. The standard InChI is InChI=1S/C27H34N2O6/c1-16(34-5)23(24(30)28-22(25(31)32)14-27(2,3)4)29-26(33)35-15-21-19-12-8-6-10-17(19)18-11-7-9-13-20(18)21/h6-13,16,21-23H,14-15H2,1-5H3,(H,28,30)(H,29,33)(H,31,32). The maximum atomic E-state index is 12.9. The first kappa shape index (κ1) is 26.2. The van der Waals surface area contributed by atoms with E-state index in [0.29, 0.717) is 0 Å². The Kier molecular flexibility index (Phi) is 8.17. The molecule has 0 aromatic heterocycles. The van der Waals surface area contributed by atoms with Gasteiger partial charge < -0.3 is 25.2 Å². The SMILES string of the molecule is COC(C)C(NC(=O)OCC1c2ccccc2-c2ccccc21)C(=O)NC(CC(C)(C)C)C(=O)O. The summed E-state index contributed by atoms with van der Waals surface area (Å²) in [7, 11) is 1.41. The van der Waals surface area contributed by atoms with E-state index >= 15 is 0 Å². The van der Waals surface area contributed by atoms with Gasteiger partial charge in [0, 0.05) is 13.0 Å². The number of aliphatic carboxylic acids is 1. The molecule has 3 atom stereocenters. The maximum absolute atomic E-state index is 12.9. The minimum absolute atomic E-state index is 0.0946. The van der Waals surface area contributed by atoms with E-state index in [1.54, 1.807) is 6.92 Å². The zero-order valence-electron chi connectivity index (χ0n) is 20.8. The van der Waals surface area contributed by atoms with Crippen LogP contribution in [-0.2, 0) is 19.1 Å². The fraction of sp³-hybridized carbons (Fsp3) is 0.444. The Morgan fingerprint density at radius 2 is 1.51 bits per heavy atom. The fourth-order valence-electron chi connectivity index (χ4n) is 4.37. The van der Waals surface area contributed by atoms with Crippen molar-refractivity contribution in [3.8, 4) is 11.1 Å². The zero-order chi connectivity index (χ0) is 25.8. The average molecular weight is 483 g/mol. The van der Waals surface area contributed by atoms with E-state index < -0.39 is 36.2 Å². The van der Waals surface area contributed by atoms with Gasteiger partial charge in [0.15, 0.2) is 0 Å². The first-order valence-corrected chi connectivity index (χ1v) is 11.7. The summed E-state index contributed by atoms with van der Waals surface area (Å²) in [4.78, 5) is 37.4. The van der Waals surface area contributed by atoms with Crippen molar-refractivity contribution >= 4 is 18.0 Å². The Morgan fingerprint density at radius 3 is 2.00 bits per heavy atom. The number of carboxylic acids is 1. The monoisotopic (exact) mass is 482 g/mol. The van der Waals surface area contributed by atoms with Crippen LogP contribution in [-0.4, -0.2) is 55.0 Å². The van der Waals surface area contributed by atoms with Crippen LogP contribution in [0.15, 0.2) is 48.5 Å². The Morgan fingerprint density at radius 1 is 0.971 bits per heavy atom. The predicted octanol–water partition coefficient (Wildman–Crippen LogP) is 3.93. The number of fused-ring (bicyclic) bond motifs is 3. The lowest BCUT2D eigenvalue weighted by atomic mass is 9.88. The van der Waals surface area contributed by atoms with Crippen molar-refractivity contribution < 1.29 is 29.0 Å². The van der Waals surface area contributed by atoms with E-state index in [2.05, 4.69) is 10.6 Å². The molecule has 1 aliphatic carbocycles. The van der Waals surface area contributed by atoms with Crippen molar-refractivity contribution in [2.75, 3.05) is 13.7 Å². The summed E-state index contributed by atoms with van der Waals surface area (Å²) >= 11 is 0. The Labute approximate surface area is 206 Å². The van der Waals surface area contributed by atoms with Crippen molar-refractivity contribution in [1.82, 2.24) is 10.6 Å². The summed E-state index contributed by atoms with van der Waals surface area (Å²) in [6, 6.07) is 13.8. The summed E-state index contributed by atoms with van der Waals surface area (Å²) in [5.74, 6) is -1.91. The Bertz CT molecular complexity index is 1030. The van der Waals surface area contributed by atoms with Crippen LogP contribution in [0.4, 0.5) is 4.79 Å². The second-order valence-corrected chi connectivity index (χ2v) is 10.1. The number of benzene rings is 2. The fourth-order valence-corrected chi connectivity index (χ4v) is 4.37. The number of amides is 2. The summed E-state index contributed by atoms with van der Waals surface area (Å²) in [6.07, 6.45) is -1.26. The van der Waals surface area contributed by atoms with Crippen LogP contribution >= 0.6 is 0 Å². The number of hydrogen-bond donors (Lipinski definition) is 3. The lowest BCUT2D eigenvalue weighted by molar-refractivity contribution is -0.143. The topological polar surface area (TPSA) is 114 Å². The molecule has 0 saturated carbocycles. The van der Waals surface area contributed by atoms with E-state index in [0.717, 1.165) is 22.3 Å².